The van der Waals surface area contributed by atoms with Crippen LogP contribution in [0, 0.1) is 0 Å². The second-order valence-corrected chi connectivity index (χ2v) is 7.30. The summed E-state index contributed by atoms with van der Waals surface area (Å²) in [7, 11) is -1.10. The average molecular weight is 425 g/mol. The van der Waals surface area contributed by atoms with E-state index in [0.717, 1.165) is 0 Å². The van der Waals surface area contributed by atoms with E-state index in [1.165, 1.54) is 44.6 Å². The van der Waals surface area contributed by atoms with Gasteiger partial charge in [-0.1, -0.05) is 18.7 Å². The van der Waals surface area contributed by atoms with Gasteiger partial charge in [0, 0.05) is 31.0 Å². The van der Waals surface area contributed by atoms with Gasteiger partial charge in [0.15, 0.2) is 0 Å². The van der Waals surface area contributed by atoms with E-state index in [9.17, 15) is 13.2 Å². The van der Waals surface area contributed by atoms with E-state index < -0.39 is 15.9 Å². The maximum absolute atomic E-state index is 12.9. The maximum Gasteiger partial charge on any atom is 0.265 e. The molecule has 8 nitrogen and oxygen atoms in total. The molecule has 0 fully saturated rings. The third-order valence-electron chi connectivity index (χ3n) is 3.68. The van der Waals surface area contributed by atoms with E-state index in [-0.39, 0.29) is 21.9 Å². The molecule has 0 unspecified atom stereocenters. The molecule has 0 aliphatic carbocycles. The highest BCUT2D eigenvalue weighted by atomic mass is 32.2. The number of hydrogen-bond acceptors (Lipinski definition) is 6. The molecule has 0 saturated carbocycles. The van der Waals surface area contributed by atoms with E-state index in [0.29, 0.717) is 25.5 Å². The van der Waals surface area contributed by atoms with Crippen LogP contribution in [-0.4, -0.2) is 48.3 Å². The summed E-state index contributed by atoms with van der Waals surface area (Å²) in [4.78, 5) is 12.1. The van der Waals surface area contributed by atoms with Gasteiger partial charge < -0.3 is 19.5 Å². The van der Waals surface area contributed by atoms with Gasteiger partial charge in [0.05, 0.1) is 20.3 Å². The van der Waals surface area contributed by atoms with Gasteiger partial charge >= 0.3 is 0 Å². The fourth-order valence-electron chi connectivity index (χ4n) is 2.26. The first kappa shape index (κ1) is 24.3. The van der Waals surface area contributed by atoms with Gasteiger partial charge in [0.1, 0.15) is 16.4 Å². The predicted octanol–water partition coefficient (Wildman–Crippen LogP) is 2.15. The minimum absolute atomic E-state index is 0.0802. The largest absolute Gasteiger partial charge is 0.495 e. The van der Waals surface area contributed by atoms with Crippen molar-refractivity contribution in [2.45, 2.75) is 18.7 Å². The molecule has 1 amide bonds. The predicted molar refractivity (Wildman–Crippen MR) is 111 cm³/mol. The van der Waals surface area contributed by atoms with Crippen molar-refractivity contribution in [3.8, 4) is 11.5 Å². The molecule has 2 N–H and O–H groups in total. The van der Waals surface area contributed by atoms with Crippen LogP contribution in [0.4, 0.5) is 0 Å². The molecule has 0 saturated heterocycles. The zero-order valence-electron chi connectivity index (χ0n) is 17.2. The van der Waals surface area contributed by atoms with Gasteiger partial charge in [-0.15, -0.1) is 0 Å². The van der Waals surface area contributed by atoms with Crippen molar-refractivity contribution in [2.24, 2.45) is 0 Å². The average Bonchev–Trinajstić information content (AvgIpc) is 2.71. The summed E-state index contributed by atoms with van der Waals surface area (Å²) in [5, 5.41) is 2.65. The van der Waals surface area contributed by atoms with Crippen molar-refractivity contribution in [3.05, 3.63) is 54.3 Å². The Kier molecular flexibility index (Phi) is 9.98. The molecule has 29 heavy (non-hydrogen) atoms. The minimum Gasteiger partial charge on any atom is -0.495 e. The first-order valence-corrected chi connectivity index (χ1v) is 10.4. The summed E-state index contributed by atoms with van der Waals surface area (Å²) in [6, 6.07) is 4.52. The monoisotopic (exact) mass is 424 g/mol. The number of ether oxygens (including phenoxy) is 3. The summed E-state index contributed by atoms with van der Waals surface area (Å²) < 4.78 is 43.8. The van der Waals surface area contributed by atoms with Crippen molar-refractivity contribution in [3.63, 3.8) is 0 Å². The summed E-state index contributed by atoms with van der Waals surface area (Å²) in [6.45, 7) is 8.12. The highest BCUT2D eigenvalue weighted by Gasteiger charge is 2.21. The first-order chi connectivity index (χ1) is 13.8. The van der Waals surface area contributed by atoms with Crippen LogP contribution in [0.15, 0.2) is 59.2 Å². The molecule has 1 rings (SSSR count). The fraction of sp³-hybridized carbons (Fsp3) is 0.350. The van der Waals surface area contributed by atoms with E-state index in [4.69, 9.17) is 14.2 Å². The molecule has 0 aromatic heterocycles. The number of methoxy groups -OCH3 is 2. The molecule has 0 heterocycles. The van der Waals surface area contributed by atoms with Gasteiger partial charge in [0.2, 0.25) is 0 Å². The van der Waals surface area contributed by atoms with Gasteiger partial charge in [-0.2, -0.15) is 0 Å². The van der Waals surface area contributed by atoms with Crippen molar-refractivity contribution < 1.29 is 27.4 Å². The van der Waals surface area contributed by atoms with Crippen molar-refractivity contribution in [1.29, 1.82) is 0 Å². The molecule has 0 bridgehead atoms. The molecule has 0 radical (unpaired) electrons. The first-order valence-electron chi connectivity index (χ1n) is 8.94. The number of allylic oxidation sites excluding steroid dienone is 2. The van der Waals surface area contributed by atoms with Crippen LogP contribution in [-0.2, 0) is 19.6 Å². The minimum atomic E-state index is -4.01. The van der Waals surface area contributed by atoms with Crippen LogP contribution in [0.2, 0.25) is 0 Å². The van der Waals surface area contributed by atoms with Crippen molar-refractivity contribution in [1.82, 2.24) is 10.0 Å². The van der Waals surface area contributed by atoms with E-state index >= 15 is 0 Å². The quantitative estimate of drug-likeness (QED) is 0.303. The number of sulfonamides is 1. The molecule has 0 spiro atoms. The molecule has 1 aromatic carbocycles. The highest BCUT2D eigenvalue weighted by Crippen LogP contribution is 2.28. The van der Waals surface area contributed by atoms with Crippen LogP contribution in [0.1, 0.15) is 13.8 Å². The number of carbonyl (C=O) groups is 1. The fourth-order valence-corrected chi connectivity index (χ4v) is 3.54. The Morgan fingerprint density at radius 3 is 2.55 bits per heavy atom. The molecule has 1 aromatic rings. The summed E-state index contributed by atoms with van der Waals surface area (Å²) in [5.74, 6) is 0.170. The second-order valence-electron chi connectivity index (χ2n) is 5.65. The Labute approximate surface area is 172 Å². The van der Waals surface area contributed by atoms with Crippen LogP contribution in [0.3, 0.4) is 0 Å². The molecule has 0 atom stereocenters. The lowest BCUT2D eigenvalue weighted by atomic mass is 10.2. The number of rotatable bonds is 12. The van der Waals surface area contributed by atoms with Crippen molar-refractivity contribution >= 4 is 15.9 Å². The lowest BCUT2D eigenvalue weighted by Gasteiger charge is -2.14. The van der Waals surface area contributed by atoms with Gasteiger partial charge in [-0.3, -0.25) is 9.52 Å². The van der Waals surface area contributed by atoms with Gasteiger partial charge in [-0.25, -0.2) is 8.42 Å². The molecular weight excluding hydrogens is 396 g/mol. The Bertz CT molecular complexity index is 875. The molecule has 0 aliphatic rings. The van der Waals surface area contributed by atoms with Gasteiger partial charge in [0.25, 0.3) is 15.9 Å². The second kappa shape index (κ2) is 11.9. The Hall–Kier alpha value is -2.78. The van der Waals surface area contributed by atoms with E-state index in [2.05, 4.69) is 16.6 Å². The van der Waals surface area contributed by atoms with Crippen LogP contribution >= 0.6 is 0 Å². The third kappa shape index (κ3) is 7.28. The normalized spacial score (nSPS) is 12.3. The Morgan fingerprint density at radius 2 is 2.00 bits per heavy atom. The zero-order chi connectivity index (χ0) is 21.9. The Morgan fingerprint density at radius 1 is 1.28 bits per heavy atom. The number of carbonyl (C=O) groups excluding carboxylic acids is 1. The highest BCUT2D eigenvalue weighted by molar-refractivity contribution is 7.89. The molecule has 9 heteroatoms. The third-order valence-corrected chi connectivity index (χ3v) is 5.09. The van der Waals surface area contributed by atoms with Gasteiger partial charge in [-0.05, 0) is 32.1 Å². The lowest BCUT2D eigenvalue weighted by molar-refractivity contribution is -0.117. The standard InChI is InChI=1S/C20H28N2O6S/c1-6-15(20(23)21-11-12-26-4)13-16(7-2)22-29(24,25)19-14-17(28-8-3)9-10-18(19)27-5/h6-7,9-10,13-14,22H,1,8,11-12H2,2-5H3,(H,21,23)/b15-13+,16-7+. The van der Waals surface area contributed by atoms with Crippen molar-refractivity contribution in [2.75, 3.05) is 34.0 Å². The SMILES string of the molecule is C=C/C(=C\C(=C/C)NS(=O)(=O)c1cc(OCC)ccc1OC)C(=O)NCCOC. The van der Waals surface area contributed by atoms with E-state index in [1.54, 1.807) is 19.9 Å². The molecule has 0 aliphatic heterocycles. The topological polar surface area (TPSA) is 103 Å². The number of benzene rings is 1. The summed E-state index contributed by atoms with van der Waals surface area (Å²) >= 11 is 0. The number of hydrogen-bond donors (Lipinski definition) is 2. The van der Waals surface area contributed by atoms with Crippen LogP contribution in [0.25, 0.3) is 0 Å². The number of amides is 1. The summed E-state index contributed by atoms with van der Waals surface area (Å²) in [6.07, 6.45) is 4.27. The lowest BCUT2D eigenvalue weighted by Crippen LogP contribution is -2.28. The van der Waals surface area contributed by atoms with Crippen LogP contribution in [0.5, 0.6) is 11.5 Å². The smallest absolute Gasteiger partial charge is 0.265 e. The number of nitrogens with one attached hydrogen (secondary N) is 2. The van der Waals surface area contributed by atoms with Crippen LogP contribution < -0.4 is 19.5 Å². The van der Waals surface area contributed by atoms with E-state index in [1.807, 2.05) is 0 Å². The Balaban J connectivity index is 3.16. The molecular formula is C20H28N2O6S. The zero-order valence-corrected chi connectivity index (χ0v) is 18.0. The summed E-state index contributed by atoms with van der Waals surface area (Å²) in [5.41, 5.74) is 0.401. The molecule has 160 valence electrons. The maximum atomic E-state index is 12.9.